The highest BCUT2D eigenvalue weighted by Crippen LogP contribution is 2.32. The number of nitrogens with zero attached hydrogens (tertiary/aromatic N) is 3. The Labute approximate surface area is 199 Å². The number of methoxy groups -OCH3 is 1. The Morgan fingerprint density at radius 3 is 2.59 bits per heavy atom. The molecule has 1 saturated heterocycles. The predicted molar refractivity (Wildman–Crippen MR) is 129 cm³/mol. The molecule has 11 heteroatoms. The summed E-state index contributed by atoms with van der Waals surface area (Å²) >= 11 is 7.97. The van der Waals surface area contributed by atoms with Gasteiger partial charge in [-0.2, -0.15) is 0 Å². The van der Waals surface area contributed by atoms with Crippen molar-refractivity contribution in [3.05, 3.63) is 45.3 Å². The number of amides is 2. The van der Waals surface area contributed by atoms with E-state index in [-0.39, 0.29) is 11.8 Å². The molecule has 2 aromatic rings. The van der Waals surface area contributed by atoms with Gasteiger partial charge in [-0.1, -0.05) is 53.9 Å². The third-order valence-electron chi connectivity index (χ3n) is 4.56. The van der Waals surface area contributed by atoms with Crippen molar-refractivity contribution in [1.29, 1.82) is 0 Å². The minimum Gasteiger partial charge on any atom is -0.465 e. The van der Waals surface area contributed by atoms with Gasteiger partial charge in [0.25, 0.3) is 5.91 Å². The van der Waals surface area contributed by atoms with Crippen LogP contribution in [-0.4, -0.2) is 50.9 Å². The molecule has 1 fully saturated rings. The van der Waals surface area contributed by atoms with E-state index in [2.05, 4.69) is 20.3 Å². The van der Waals surface area contributed by atoms with Crippen LogP contribution in [0.25, 0.3) is 6.08 Å². The number of thioether (sulfide) groups is 1. The number of nitrogens with one attached hydrogen (secondary N) is 1. The Kier molecular flexibility index (Phi) is 8.48. The van der Waals surface area contributed by atoms with Gasteiger partial charge in [0.05, 0.1) is 17.6 Å². The summed E-state index contributed by atoms with van der Waals surface area (Å²) in [7, 11) is 1.33. The summed E-state index contributed by atoms with van der Waals surface area (Å²) in [5.41, 5.74) is 1.25. The lowest BCUT2D eigenvalue weighted by Gasteiger charge is -2.14. The molecule has 3 rings (SSSR count). The number of benzene rings is 1. The number of esters is 1. The van der Waals surface area contributed by atoms with E-state index in [0.717, 1.165) is 23.4 Å². The molecule has 0 bridgehead atoms. The van der Waals surface area contributed by atoms with Crippen LogP contribution in [0, 0.1) is 6.92 Å². The number of anilines is 1. The SMILES string of the molecule is COC(=O)c1ccc(C=C2SC(=S)N(CCCCCC(=O)Nc3nnc(C)s3)C2=O)cc1. The lowest BCUT2D eigenvalue weighted by molar-refractivity contribution is -0.122. The van der Waals surface area contributed by atoms with Gasteiger partial charge in [-0.05, 0) is 43.5 Å². The van der Waals surface area contributed by atoms with Crippen molar-refractivity contribution in [3.63, 3.8) is 0 Å². The van der Waals surface area contributed by atoms with Crippen LogP contribution in [-0.2, 0) is 14.3 Å². The fraction of sp³-hybridized carbons (Fsp3) is 0.333. The van der Waals surface area contributed by atoms with Gasteiger partial charge in [0, 0.05) is 13.0 Å². The van der Waals surface area contributed by atoms with Crippen molar-refractivity contribution < 1.29 is 19.1 Å². The van der Waals surface area contributed by atoms with Gasteiger partial charge in [-0.25, -0.2) is 4.79 Å². The van der Waals surface area contributed by atoms with Gasteiger partial charge in [-0.15, -0.1) is 10.2 Å². The number of ether oxygens (including phenoxy) is 1. The topological polar surface area (TPSA) is 101 Å². The summed E-state index contributed by atoms with van der Waals surface area (Å²) in [5.74, 6) is -0.620. The molecule has 0 saturated carbocycles. The van der Waals surface area contributed by atoms with Crippen LogP contribution in [0.1, 0.15) is 46.6 Å². The van der Waals surface area contributed by atoms with E-state index in [1.165, 1.54) is 30.2 Å². The zero-order chi connectivity index (χ0) is 23.1. The second-order valence-electron chi connectivity index (χ2n) is 6.93. The highest BCUT2D eigenvalue weighted by molar-refractivity contribution is 8.26. The molecule has 1 N–H and O–H groups in total. The fourth-order valence-electron chi connectivity index (χ4n) is 2.94. The zero-order valence-electron chi connectivity index (χ0n) is 17.6. The van der Waals surface area contributed by atoms with E-state index in [9.17, 15) is 14.4 Å². The number of aromatic nitrogens is 2. The van der Waals surface area contributed by atoms with Crippen LogP contribution < -0.4 is 5.32 Å². The smallest absolute Gasteiger partial charge is 0.337 e. The molecule has 1 aliphatic heterocycles. The van der Waals surface area contributed by atoms with Gasteiger partial charge in [0.15, 0.2) is 0 Å². The minimum absolute atomic E-state index is 0.0899. The monoisotopic (exact) mass is 490 g/mol. The standard InChI is InChI=1S/C21H22N4O4S3/c1-13-23-24-20(31-13)22-17(26)6-4-3-5-11-25-18(27)16(32-21(25)30)12-14-7-9-15(10-8-14)19(28)29-2/h7-10,12H,3-6,11H2,1-2H3,(H,22,24,26). The molecular weight excluding hydrogens is 468 g/mol. The normalized spacial score (nSPS) is 14.8. The maximum Gasteiger partial charge on any atom is 0.337 e. The molecular formula is C21H22N4O4S3. The number of carbonyl (C=O) groups is 3. The molecule has 8 nitrogen and oxygen atoms in total. The third kappa shape index (κ3) is 6.44. The first-order valence-corrected chi connectivity index (χ1v) is 11.9. The highest BCUT2D eigenvalue weighted by atomic mass is 32.2. The molecule has 0 radical (unpaired) electrons. The van der Waals surface area contributed by atoms with E-state index in [1.807, 2.05) is 6.92 Å². The van der Waals surface area contributed by atoms with Crippen LogP contribution in [0.3, 0.4) is 0 Å². The molecule has 1 aromatic heterocycles. The Morgan fingerprint density at radius 1 is 1.19 bits per heavy atom. The second kappa shape index (κ2) is 11.3. The first kappa shape index (κ1) is 24.0. The average Bonchev–Trinajstić information content (AvgIpc) is 3.30. The van der Waals surface area contributed by atoms with Crippen molar-refractivity contribution in [3.8, 4) is 0 Å². The molecule has 0 aliphatic carbocycles. The molecule has 1 aliphatic rings. The number of unbranched alkanes of at least 4 members (excludes halogenated alkanes) is 2. The maximum absolute atomic E-state index is 12.7. The van der Waals surface area contributed by atoms with E-state index in [4.69, 9.17) is 12.2 Å². The summed E-state index contributed by atoms with van der Waals surface area (Å²) in [6.45, 7) is 2.34. The Bertz CT molecular complexity index is 1050. The summed E-state index contributed by atoms with van der Waals surface area (Å²) in [5, 5.41) is 11.8. The number of aryl methyl sites for hydroxylation is 1. The van der Waals surface area contributed by atoms with Gasteiger partial charge < -0.3 is 10.1 Å². The molecule has 2 amide bonds. The van der Waals surface area contributed by atoms with Crippen LogP contribution in [0.4, 0.5) is 5.13 Å². The number of hydrogen-bond donors (Lipinski definition) is 1. The fourth-order valence-corrected chi connectivity index (χ4v) is 4.86. The average molecular weight is 491 g/mol. The molecule has 0 spiro atoms. The summed E-state index contributed by atoms with van der Waals surface area (Å²) in [6, 6.07) is 6.82. The first-order valence-electron chi connectivity index (χ1n) is 9.91. The quantitative estimate of drug-likeness (QED) is 0.243. The summed E-state index contributed by atoms with van der Waals surface area (Å²) in [4.78, 5) is 38.3. The molecule has 168 valence electrons. The van der Waals surface area contributed by atoms with Crippen LogP contribution in [0.2, 0.25) is 0 Å². The van der Waals surface area contributed by atoms with Crippen LogP contribution in [0.5, 0.6) is 0 Å². The molecule has 2 heterocycles. The van der Waals surface area contributed by atoms with E-state index in [1.54, 1.807) is 35.2 Å². The van der Waals surface area contributed by atoms with Gasteiger partial charge in [-0.3, -0.25) is 14.5 Å². The number of thiocarbonyl (C=S) groups is 1. The van der Waals surface area contributed by atoms with E-state index >= 15 is 0 Å². The van der Waals surface area contributed by atoms with Crippen molar-refractivity contribution in [2.24, 2.45) is 0 Å². The minimum atomic E-state index is -0.407. The molecule has 1 aromatic carbocycles. The second-order valence-corrected chi connectivity index (χ2v) is 9.79. The predicted octanol–water partition coefficient (Wildman–Crippen LogP) is 4.03. The molecule has 32 heavy (non-hydrogen) atoms. The lowest BCUT2D eigenvalue weighted by Crippen LogP contribution is -2.29. The Morgan fingerprint density at radius 2 is 1.94 bits per heavy atom. The van der Waals surface area contributed by atoms with Crippen molar-refractivity contribution in [2.75, 3.05) is 19.0 Å². The van der Waals surface area contributed by atoms with Crippen LogP contribution >= 0.6 is 35.3 Å². The highest BCUT2D eigenvalue weighted by Gasteiger charge is 2.31. The van der Waals surface area contributed by atoms with Gasteiger partial charge in [0.2, 0.25) is 11.0 Å². The Balaban J connectivity index is 1.44. The Hall–Kier alpha value is -2.63. The lowest BCUT2D eigenvalue weighted by atomic mass is 10.1. The first-order chi connectivity index (χ1) is 15.4. The van der Waals surface area contributed by atoms with Crippen molar-refractivity contribution in [1.82, 2.24) is 15.1 Å². The van der Waals surface area contributed by atoms with E-state index < -0.39 is 5.97 Å². The van der Waals surface area contributed by atoms with E-state index in [0.29, 0.717) is 39.3 Å². The molecule has 0 unspecified atom stereocenters. The third-order valence-corrected chi connectivity index (χ3v) is 6.69. The van der Waals surface area contributed by atoms with Crippen LogP contribution in [0.15, 0.2) is 29.2 Å². The molecule has 0 atom stereocenters. The number of carbonyl (C=O) groups excluding carboxylic acids is 3. The van der Waals surface area contributed by atoms with Crippen molar-refractivity contribution >= 4 is 68.6 Å². The maximum atomic E-state index is 12.7. The van der Waals surface area contributed by atoms with Gasteiger partial charge in [0.1, 0.15) is 9.33 Å². The largest absolute Gasteiger partial charge is 0.465 e. The van der Waals surface area contributed by atoms with Gasteiger partial charge >= 0.3 is 5.97 Å². The zero-order valence-corrected chi connectivity index (χ0v) is 20.1. The summed E-state index contributed by atoms with van der Waals surface area (Å²) < 4.78 is 5.21. The summed E-state index contributed by atoms with van der Waals surface area (Å²) in [6.07, 6.45) is 4.41. The number of rotatable bonds is 9. The van der Waals surface area contributed by atoms with Crippen molar-refractivity contribution in [2.45, 2.75) is 32.6 Å². The number of hydrogen-bond acceptors (Lipinski definition) is 9.